The van der Waals surface area contributed by atoms with E-state index in [-0.39, 0.29) is 16.1 Å². The Labute approximate surface area is 175 Å². The van der Waals surface area contributed by atoms with Crippen molar-refractivity contribution in [3.8, 4) is 5.75 Å². The van der Waals surface area contributed by atoms with Crippen molar-refractivity contribution >= 4 is 21.7 Å². The van der Waals surface area contributed by atoms with Gasteiger partial charge in [0.1, 0.15) is 11.3 Å². The minimum absolute atomic E-state index is 0.0395. The van der Waals surface area contributed by atoms with E-state index in [1.165, 1.54) is 0 Å². The maximum absolute atomic E-state index is 13.3. The zero-order valence-corrected chi connectivity index (χ0v) is 17.2. The topological polar surface area (TPSA) is 105 Å². The Morgan fingerprint density at radius 2 is 2.07 bits per heavy atom. The number of benzene rings is 2. The molecule has 7 nitrogen and oxygen atoms in total. The van der Waals surface area contributed by atoms with Crippen molar-refractivity contribution < 1.29 is 23.1 Å². The second kappa shape index (κ2) is 7.28. The van der Waals surface area contributed by atoms with Crippen molar-refractivity contribution in [1.82, 2.24) is 5.32 Å². The highest BCUT2D eigenvalue weighted by Gasteiger charge is 2.45. The summed E-state index contributed by atoms with van der Waals surface area (Å²) in [6, 6.07) is 10.3. The van der Waals surface area contributed by atoms with E-state index in [9.17, 15) is 18.3 Å². The van der Waals surface area contributed by atoms with Crippen LogP contribution in [0.5, 0.6) is 5.75 Å². The number of carboxylic acids is 1. The third kappa shape index (κ3) is 3.44. The molecule has 2 aromatic rings. The predicted octanol–water partition coefficient (Wildman–Crippen LogP) is 2.83. The van der Waals surface area contributed by atoms with Crippen LogP contribution in [0.1, 0.15) is 40.2 Å². The molecule has 3 aliphatic rings. The molecule has 2 fully saturated rings. The van der Waals surface area contributed by atoms with Crippen LogP contribution >= 0.6 is 0 Å². The molecule has 158 valence electrons. The third-order valence-electron chi connectivity index (χ3n) is 6.34. The van der Waals surface area contributed by atoms with Gasteiger partial charge < -0.3 is 15.2 Å². The number of hydrogen-bond acceptors (Lipinski definition) is 5. The summed E-state index contributed by atoms with van der Waals surface area (Å²) in [6.45, 7) is 2.29. The lowest BCUT2D eigenvalue weighted by atomic mass is 9.99. The van der Waals surface area contributed by atoms with Crippen LogP contribution in [-0.4, -0.2) is 39.2 Å². The molecule has 0 aromatic heterocycles. The lowest BCUT2D eigenvalue weighted by Gasteiger charge is -2.21. The fourth-order valence-electron chi connectivity index (χ4n) is 4.68. The maximum Gasteiger partial charge on any atom is 0.341 e. The summed E-state index contributed by atoms with van der Waals surface area (Å²) in [5.74, 6) is 0.247. The normalized spacial score (nSPS) is 24.5. The monoisotopic (exact) mass is 428 g/mol. The SMILES string of the molecule is O=C(O)c1c(NS(=O)(=O)c2ccccc2CC2CCNC2)ccc2c1OC[C@@H]1C[C@H]21. The van der Waals surface area contributed by atoms with Crippen molar-refractivity contribution in [2.24, 2.45) is 11.8 Å². The van der Waals surface area contributed by atoms with Gasteiger partial charge in [0.25, 0.3) is 10.0 Å². The Morgan fingerprint density at radius 1 is 1.23 bits per heavy atom. The molecule has 5 rings (SSSR count). The molecule has 2 aliphatic heterocycles. The molecule has 2 aromatic carbocycles. The van der Waals surface area contributed by atoms with Gasteiger partial charge in [0, 0.05) is 5.92 Å². The summed E-state index contributed by atoms with van der Waals surface area (Å²) < 4.78 is 34.7. The van der Waals surface area contributed by atoms with Crippen LogP contribution in [0.25, 0.3) is 0 Å². The molecule has 30 heavy (non-hydrogen) atoms. The standard InChI is InChI=1S/C22H24N2O5S/c25-22(26)20-18(6-5-16-17-10-15(17)12-29-21(16)20)24-30(27,28)19-4-2-1-3-14(19)9-13-7-8-23-11-13/h1-6,13,15,17,23-24H,7-12H2,(H,25,26)/t13?,15-,17-/m0/s1. The molecule has 1 saturated heterocycles. The number of carbonyl (C=O) groups is 1. The molecule has 1 aliphatic carbocycles. The van der Waals surface area contributed by atoms with E-state index in [4.69, 9.17) is 4.74 Å². The number of ether oxygens (including phenoxy) is 1. The number of aromatic carboxylic acids is 1. The zero-order chi connectivity index (χ0) is 20.9. The maximum atomic E-state index is 13.3. The minimum atomic E-state index is -3.96. The number of hydrogen-bond donors (Lipinski definition) is 3. The van der Waals surface area contributed by atoms with Crippen LogP contribution in [0, 0.1) is 11.8 Å². The van der Waals surface area contributed by atoms with Gasteiger partial charge in [-0.15, -0.1) is 0 Å². The highest BCUT2D eigenvalue weighted by molar-refractivity contribution is 7.92. The first-order valence-electron chi connectivity index (χ1n) is 10.3. The first kappa shape index (κ1) is 19.4. The third-order valence-corrected chi connectivity index (χ3v) is 7.81. The molecule has 0 spiro atoms. The highest BCUT2D eigenvalue weighted by Crippen LogP contribution is 2.55. The van der Waals surface area contributed by atoms with Gasteiger partial charge in [-0.3, -0.25) is 4.72 Å². The molecule has 1 saturated carbocycles. The smallest absolute Gasteiger partial charge is 0.341 e. The van der Waals surface area contributed by atoms with Gasteiger partial charge in [0.2, 0.25) is 0 Å². The number of nitrogens with one attached hydrogen (secondary N) is 2. The van der Waals surface area contributed by atoms with Gasteiger partial charge in [0.15, 0.2) is 0 Å². The summed E-state index contributed by atoms with van der Waals surface area (Å²) >= 11 is 0. The quantitative estimate of drug-likeness (QED) is 0.654. The zero-order valence-electron chi connectivity index (χ0n) is 16.4. The van der Waals surface area contributed by atoms with Crippen LogP contribution in [0.15, 0.2) is 41.3 Å². The van der Waals surface area contributed by atoms with Crippen molar-refractivity contribution in [3.63, 3.8) is 0 Å². The van der Waals surface area contributed by atoms with Gasteiger partial charge in [-0.2, -0.15) is 0 Å². The molecule has 0 bridgehead atoms. The van der Waals surface area contributed by atoms with Crippen molar-refractivity contribution in [1.29, 1.82) is 0 Å². The molecule has 3 atom stereocenters. The lowest BCUT2D eigenvalue weighted by molar-refractivity contribution is 0.0692. The summed E-state index contributed by atoms with van der Waals surface area (Å²) in [5, 5.41) is 13.1. The Kier molecular flexibility index (Phi) is 4.71. The molecule has 1 unspecified atom stereocenters. The van der Waals surface area contributed by atoms with E-state index in [0.717, 1.165) is 37.1 Å². The average Bonchev–Trinajstić information content (AvgIpc) is 3.34. The Bertz CT molecular complexity index is 1110. The number of rotatable bonds is 6. The van der Waals surface area contributed by atoms with E-state index in [1.807, 2.05) is 12.1 Å². The molecular weight excluding hydrogens is 404 g/mol. The Morgan fingerprint density at radius 3 is 2.83 bits per heavy atom. The number of carboxylic acid groups (broad SMARTS) is 1. The first-order chi connectivity index (χ1) is 14.4. The largest absolute Gasteiger partial charge is 0.492 e. The summed E-state index contributed by atoms with van der Waals surface area (Å²) in [4.78, 5) is 12.2. The van der Waals surface area contributed by atoms with Crippen molar-refractivity contribution in [2.45, 2.75) is 30.1 Å². The first-order valence-corrected chi connectivity index (χ1v) is 11.8. The van der Waals surface area contributed by atoms with Gasteiger partial charge >= 0.3 is 5.97 Å². The second-order valence-electron chi connectivity index (χ2n) is 8.40. The number of anilines is 1. The fraction of sp³-hybridized carbons (Fsp3) is 0.409. The van der Waals surface area contributed by atoms with Crippen molar-refractivity contribution in [2.75, 3.05) is 24.4 Å². The molecule has 2 heterocycles. The van der Waals surface area contributed by atoms with Crippen LogP contribution in [0.4, 0.5) is 5.69 Å². The fourth-order valence-corrected chi connectivity index (χ4v) is 6.00. The van der Waals surface area contributed by atoms with Crippen LogP contribution < -0.4 is 14.8 Å². The van der Waals surface area contributed by atoms with Gasteiger partial charge in [-0.25, -0.2) is 13.2 Å². The molecule has 0 amide bonds. The number of sulfonamides is 1. The van der Waals surface area contributed by atoms with E-state index in [0.29, 0.717) is 36.5 Å². The average molecular weight is 429 g/mol. The highest BCUT2D eigenvalue weighted by atomic mass is 32.2. The minimum Gasteiger partial charge on any atom is -0.492 e. The van der Waals surface area contributed by atoms with E-state index < -0.39 is 16.0 Å². The predicted molar refractivity (Wildman–Crippen MR) is 112 cm³/mol. The summed E-state index contributed by atoms with van der Waals surface area (Å²) in [5.41, 5.74) is 1.53. The molecular formula is C22H24N2O5S. The van der Waals surface area contributed by atoms with Gasteiger partial charge in [0.05, 0.1) is 17.2 Å². The van der Waals surface area contributed by atoms with E-state index >= 15 is 0 Å². The second-order valence-corrected chi connectivity index (χ2v) is 10.1. The Balaban J connectivity index is 1.49. The van der Waals surface area contributed by atoms with Crippen LogP contribution in [0.2, 0.25) is 0 Å². The Hall–Kier alpha value is -2.58. The van der Waals surface area contributed by atoms with E-state index in [2.05, 4.69) is 10.0 Å². The summed E-state index contributed by atoms with van der Waals surface area (Å²) in [7, 11) is -3.96. The van der Waals surface area contributed by atoms with Crippen LogP contribution in [0.3, 0.4) is 0 Å². The van der Waals surface area contributed by atoms with Crippen LogP contribution in [-0.2, 0) is 16.4 Å². The molecule has 8 heteroatoms. The van der Waals surface area contributed by atoms with Gasteiger partial charge in [-0.1, -0.05) is 24.3 Å². The molecule has 3 N–H and O–H groups in total. The lowest BCUT2D eigenvalue weighted by Crippen LogP contribution is -2.20. The molecule has 0 radical (unpaired) electrons. The summed E-state index contributed by atoms with van der Waals surface area (Å²) in [6.07, 6.45) is 2.65. The van der Waals surface area contributed by atoms with E-state index in [1.54, 1.807) is 24.3 Å². The van der Waals surface area contributed by atoms with Gasteiger partial charge in [-0.05, 0) is 67.4 Å². The number of fused-ring (bicyclic) bond motifs is 3. The van der Waals surface area contributed by atoms with Crippen molar-refractivity contribution in [3.05, 3.63) is 53.1 Å².